The van der Waals surface area contributed by atoms with E-state index in [4.69, 9.17) is 0 Å². The first-order valence-electron chi connectivity index (χ1n) is 6.05. The topological polar surface area (TPSA) is 54.0 Å². The number of rotatable bonds is 7. The summed E-state index contributed by atoms with van der Waals surface area (Å²) in [6.45, 7) is 7.37. The highest BCUT2D eigenvalue weighted by Gasteiger charge is 2.11. The van der Waals surface area contributed by atoms with Crippen LogP contribution in [-0.2, 0) is 11.3 Å². The molecule has 0 aliphatic rings. The van der Waals surface area contributed by atoms with Gasteiger partial charge in [0.1, 0.15) is 5.01 Å². The van der Waals surface area contributed by atoms with Crippen molar-refractivity contribution in [1.29, 1.82) is 0 Å². The molecule has 0 radical (unpaired) electrons. The van der Waals surface area contributed by atoms with Crippen LogP contribution >= 0.6 is 11.3 Å². The predicted molar refractivity (Wildman–Crippen MR) is 71.1 cm³/mol. The van der Waals surface area contributed by atoms with Gasteiger partial charge in [-0.05, 0) is 20.3 Å². The molecule has 1 amide bonds. The molecule has 0 aliphatic heterocycles. The molecule has 0 aliphatic carbocycles. The second-order valence-electron chi connectivity index (χ2n) is 4.13. The Kier molecular flexibility index (Phi) is 6.15. The smallest absolute Gasteiger partial charge is 0.236 e. The monoisotopic (exact) mass is 255 g/mol. The molecule has 0 saturated heterocycles. The molecule has 0 saturated carbocycles. The summed E-state index contributed by atoms with van der Waals surface area (Å²) in [6.07, 6.45) is 2.13. The van der Waals surface area contributed by atoms with E-state index >= 15 is 0 Å². The molecule has 1 aromatic rings. The summed E-state index contributed by atoms with van der Waals surface area (Å²) in [4.78, 5) is 16.0. The third kappa shape index (κ3) is 5.28. The van der Waals surface area contributed by atoms with Crippen molar-refractivity contribution in [1.82, 2.24) is 15.6 Å². The molecule has 4 nitrogen and oxygen atoms in total. The Morgan fingerprint density at radius 1 is 1.59 bits per heavy atom. The fraction of sp³-hybridized carbons (Fsp3) is 0.667. The lowest BCUT2D eigenvalue weighted by Gasteiger charge is -2.12. The standard InChI is InChI=1S/C12H21N3OS/c1-4-5-6-13-12(16)10(3)14-7-11-15-9(2)8-17-11/h8,10,14H,4-7H2,1-3H3,(H,13,16). The maximum absolute atomic E-state index is 11.7. The average molecular weight is 255 g/mol. The van der Waals surface area contributed by atoms with Gasteiger partial charge in [0.2, 0.25) is 5.91 Å². The lowest BCUT2D eigenvalue weighted by molar-refractivity contribution is -0.122. The van der Waals surface area contributed by atoms with Crippen LogP contribution in [0.3, 0.4) is 0 Å². The van der Waals surface area contributed by atoms with Crippen LogP contribution in [0, 0.1) is 6.92 Å². The Balaban J connectivity index is 2.24. The van der Waals surface area contributed by atoms with Crippen molar-refractivity contribution >= 4 is 17.2 Å². The van der Waals surface area contributed by atoms with Crippen LogP contribution in [0.4, 0.5) is 0 Å². The van der Waals surface area contributed by atoms with E-state index in [1.54, 1.807) is 11.3 Å². The van der Waals surface area contributed by atoms with Crippen molar-refractivity contribution in [2.45, 2.75) is 46.2 Å². The first kappa shape index (κ1) is 14.1. The third-order valence-electron chi connectivity index (χ3n) is 2.45. The molecule has 17 heavy (non-hydrogen) atoms. The maximum Gasteiger partial charge on any atom is 0.236 e. The van der Waals surface area contributed by atoms with E-state index < -0.39 is 0 Å². The van der Waals surface area contributed by atoms with E-state index in [9.17, 15) is 4.79 Å². The highest BCUT2D eigenvalue weighted by molar-refractivity contribution is 7.09. The number of nitrogens with zero attached hydrogens (tertiary/aromatic N) is 1. The highest BCUT2D eigenvalue weighted by Crippen LogP contribution is 2.08. The van der Waals surface area contributed by atoms with Crippen LogP contribution in [0.1, 0.15) is 37.4 Å². The number of hydrogen-bond acceptors (Lipinski definition) is 4. The maximum atomic E-state index is 11.7. The van der Waals surface area contributed by atoms with Crippen LogP contribution < -0.4 is 10.6 Å². The average Bonchev–Trinajstić information content (AvgIpc) is 2.72. The third-order valence-corrected chi connectivity index (χ3v) is 3.42. The second-order valence-corrected chi connectivity index (χ2v) is 5.07. The van der Waals surface area contributed by atoms with Crippen molar-refractivity contribution in [3.05, 3.63) is 16.1 Å². The van der Waals surface area contributed by atoms with Crippen molar-refractivity contribution < 1.29 is 4.79 Å². The number of aromatic nitrogens is 1. The summed E-state index contributed by atoms with van der Waals surface area (Å²) in [5.74, 6) is 0.0618. The first-order valence-corrected chi connectivity index (χ1v) is 6.93. The molecule has 2 N–H and O–H groups in total. The van der Waals surface area contributed by atoms with E-state index in [0.29, 0.717) is 6.54 Å². The number of unbranched alkanes of at least 4 members (excludes halogenated alkanes) is 1. The second kappa shape index (κ2) is 7.40. The minimum absolute atomic E-state index is 0.0618. The quantitative estimate of drug-likeness (QED) is 0.731. The normalized spacial score (nSPS) is 12.4. The number of thiazole rings is 1. The molecule has 0 spiro atoms. The summed E-state index contributed by atoms with van der Waals surface area (Å²) in [7, 11) is 0. The molecule has 1 aromatic heterocycles. The van der Waals surface area contributed by atoms with Crippen LogP contribution in [0.2, 0.25) is 0 Å². The minimum Gasteiger partial charge on any atom is -0.355 e. The summed E-state index contributed by atoms with van der Waals surface area (Å²) in [5.41, 5.74) is 1.03. The summed E-state index contributed by atoms with van der Waals surface area (Å²) < 4.78 is 0. The fourth-order valence-electron chi connectivity index (χ4n) is 1.36. The van der Waals surface area contributed by atoms with Gasteiger partial charge in [-0.15, -0.1) is 11.3 Å². The molecule has 0 aromatic carbocycles. The van der Waals surface area contributed by atoms with Gasteiger partial charge in [0.25, 0.3) is 0 Å². The van der Waals surface area contributed by atoms with Crippen LogP contribution in [0.25, 0.3) is 0 Å². The molecule has 1 unspecified atom stereocenters. The number of carbonyl (C=O) groups is 1. The summed E-state index contributed by atoms with van der Waals surface area (Å²) in [6, 6.07) is -0.170. The Morgan fingerprint density at radius 3 is 2.94 bits per heavy atom. The van der Waals surface area contributed by atoms with E-state index in [-0.39, 0.29) is 11.9 Å². The Morgan fingerprint density at radius 2 is 2.35 bits per heavy atom. The zero-order valence-electron chi connectivity index (χ0n) is 10.7. The Labute approximate surface area is 107 Å². The van der Waals surface area contributed by atoms with Crippen LogP contribution in [-0.4, -0.2) is 23.5 Å². The zero-order valence-corrected chi connectivity index (χ0v) is 11.6. The van der Waals surface area contributed by atoms with Gasteiger partial charge >= 0.3 is 0 Å². The number of hydrogen-bond donors (Lipinski definition) is 2. The molecular weight excluding hydrogens is 234 g/mol. The van der Waals surface area contributed by atoms with Crippen LogP contribution in [0.5, 0.6) is 0 Å². The molecule has 1 rings (SSSR count). The molecule has 0 bridgehead atoms. The molecule has 5 heteroatoms. The van der Waals surface area contributed by atoms with E-state index in [1.807, 2.05) is 19.2 Å². The zero-order chi connectivity index (χ0) is 12.7. The van der Waals surface area contributed by atoms with Crippen molar-refractivity contribution in [2.24, 2.45) is 0 Å². The molecule has 1 atom stereocenters. The van der Waals surface area contributed by atoms with Gasteiger partial charge in [-0.25, -0.2) is 4.98 Å². The number of nitrogens with one attached hydrogen (secondary N) is 2. The molecule has 1 heterocycles. The Hall–Kier alpha value is -0.940. The van der Waals surface area contributed by atoms with Gasteiger partial charge in [0, 0.05) is 24.2 Å². The molecule has 96 valence electrons. The van der Waals surface area contributed by atoms with E-state index in [2.05, 4.69) is 22.5 Å². The lowest BCUT2D eigenvalue weighted by Crippen LogP contribution is -2.42. The van der Waals surface area contributed by atoms with Crippen molar-refractivity contribution in [3.8, 4) is 0 Å². The number of aryl methyl sites for hydroxylation is 1. The minimum atomic E-state index is -0.170. The van der Waals surface area contributed by atoms with Gasteiger partial charge in [-0.2, -0.15) is 0 Å². The fourth-order valence-corrected chi connectivity index (χ4v) is 2.08. The number of amides is 1. The highest BCUT2D eigenvalue weighted by atomic mass is 32.1. The van der Waals surface area contributed by atoms with E-state index in [1.165, 1.54) is 0 Å². The van der Waals surface area contributed by atoms with Crippen LogP contribution in [0.15, 0.2) is 5.38 Å². The largest absolute Gasteiger partial charge is 0.355 e. The van der Waals surface area contributed by atoms with Crippen molar-refractivity contribution in [3.63, 3.8) is 0 Å². The predicted octanol–water partition coefficient (Wildman–Crippen LogP) is 1.85. The molecule has 0 fully saturated rings. The summed E-state index contributed by atoms with van der Waals surface area (Å²) in [5, 5.41) is 9.12. The first-order chi connectivity index (χ1) is 8.13. The van der Waals surface area contributed by atoms with Gasteiger partial charge in [-0.3, -0.25) is 10.1 Å². The Bertz CT molecular complexity index is 351. The van der Waals surface area contributed by atoms with Gasteiger partial charge in [0.15, 0.2) is 0 Å². The summed E-state index contributed by atoms with van der Waals surface area (Å²) >= 11 is 1.62. The lowest BCUT2D eigenvalue weighted by atomic mass is 10.3. The number of carbonyl (C=O) groups excluding carboxylic acids is 1. The molecular formula is C12H21N3OS. The van der Waals surface area contributed by atoms with Gasteiger partial charge in [-0.1, -0.05) is 13.3 Å². The van der Waals surface area contributed by atoms with Crippen molar-refractivity contribution in [2.75, 3.05) is 6.54 Å². The van der Waals surface area contributed by atoms with Gasteiger partial charge < -0.3 is 5.32 Å². The van der Waals surface area contributed by atoms with Gasteiger partial charge in [0.05, 0.1) is 6.04 Å². The SMILES string of the molecule is CCCCNC(=O)C(C)NCc1nc(C)cs1. The van der Waals surface area contributed by atoms with E-state index in [0.717, 1.165) is 30.1 Å².